The lowest BCUT2D eigenvalue weighted by Crippen LogP contribution is -2.26. The summed E-state index contributed by atoms with van der Waals surface area (Å²) < 4.78 is 0. The van der Waals surface area contributed by atoms with Crippen molar-refractivity contribution in [3.05, 3.63) is 40.4 Å². The fourth-order valence-corrected chi connectivity index (χ4v) is 1.85. The van der Waals surface area contributed by atoms with Crippen LogP contribution in [-0.2, 0) is 11.2 Å². The highest BCUT2D eigenvalue weighted by Crippen LogP contribution is 2.07. The molecule has 1 aromatic heterocycles. The molecule has 0 fully saturated rings. The first-order chi connectivity index (χ1) is 9.11. The Labute approximate surface area is 111 Å². The van der Waals surface area contributed by atoms with Gasteiger partial charge in [-0.1, -0.05) is 12.1 Å². The van der Waals surface area contributed by atoms with Crippen LogP contribution in [0.4, 0.5) is 0 Å². The maximum absolute atomic E-state index is 11.8. The number of fused-ring (bicyclic) bond motifs is 1. The summed E-state index contributed by atoms with van der Waals surface area (Å²) >= 11 is 0. The number of para-hydroxylation sites is 1. The number of H-pyrrole nitrogens is 1. The third kappa shape index (κ3) is 2.99. The molecule has 1 N–H and O–H groups in total. The molecule has 0 saturated carbocycles. The molecule has 1 aromatic carbocycles. The van der Waals surface area contributed by atoms with Crippen LogP contribution in [0.15, 0.2) is 29.1 Å². The SMILES string of the molecule is CCN(C)C(=O)CCc1nc2ccccc2c(=O)[nH]1. The number of aryl methyl sites for hydroxylation is 1. The minimum atomic E-state index is -0.156. The van der Waals surface area contributed by atoms with Gasteiger partial charge in [-0.15, -0.1) is 0 Å². The number of aromatic nitrogens is 2. The first kappa shape index (κ1) is 13.3. The Bertz CT molecular complexity index is 648. The van der Waals surface area contributed by atoms with Gasteiger partial charge in [0.1, 0.15) is 5.82 Å². The van der Waals surface area contributed by atoms with E-state index < -0.39 is 0 Å². The molecule has 1 amide bonds. The molecule has 5 nitrogen and oxygen atoms in total. The van der Waals surface area contributed by atoms with Gasteiger partial charge in [0.25, 0.3) is 5.56 Å². The molecule has 0 aliphatic carbocycles. The van der Waals surface area contributed by atoms with Crippen LogP contribution in [-0.4, -0.2) is 34.4 Å². The van der Waals surface area contributed by atoms with Gasteiger partial charge in [0.15, 0.2) is 0 Å². The number of amides is 1. The number of nitrogens with one attached hydrogen (secondary N) is 1. The van der Waals surface area contributed by atoms with Gasteiger partial charge in [0.05, 0.1) is 10.9 Å². The predicted molar refractivity (Wildman–Crippen MR) is 74.0 cm³/mol. The highest BCUT2D eigenvalue weighted by Gasteiger charge is 2.09. The molecular weight excluding hydrogens is 242 g/mol. The van der Waals surface area contributed by atoms with E-state index in [1.807, 2.05) is 13.0 Å². The molecule has 0 spiro atoms. The van der Waals surface area contributed by atoms with Crippen molar-refractivity contribution >= 4 is 16.8 Å². The lowest BCUT2D eigenvalue weighted by Gasteiger charge is -2.13. The zero-order valence-corrected chi connectivity index (χ0v) is 11.1. The number of benzene rings is 1. The van der Waals surface area contributed by atoms with E-state index in [0.717, 1.165) is 0 Å². The number of carbonyl (C=O) groups is 1. The van der Waals surface area contributed by atoms with Crippen LogP contribution in [0.1, 0.15) is 19.2 Å². The van der Waals surface area contributed by atoms with E-state index >= 15 is 0 Å². The molecular formula is C14H17N3O2. The standard InChI is InChI=1S/C14H17N3O2/c1-3-17(2)13(18)9-8-12-15-11-7-5-4-6-10(11)14(19)16-12/h4-7H,3,8-9H2,1-2H3,(H,15,16,19). The molecule has 0 saturated heterocycles. The third-order valence-corrected chi connectivity index (χ3v) is 3.14. The Hall–Kier alpha value is -2.17. The Morgan fingerprint density at radius 1 is 1.37 bits per heavy atom. The number of hydrogen-bond donors (Lipinski definition) is 1. The molecule has 2 rings (SSSR count). The van der Waals surface area contributed by atoms with Crippen molar-refractivity contribution in [3.63, 3.8) is 0 Å². The highest BCUT2D eigenvalue weighted by atomic mass is 16.2. The molecule has 0 bridgehead atoms. The van der Waals surface area contributed by atoms with Crippen molar-refractivity contribution in [2.24, 2.45) is 0 Å². The Morgan fingerprint density at radius 2 is 2.11 bits per heavy atom. The van der Waals surface area contributed by atoms with E-state index in [4.69, 9.17) is 0 Å². The minimum absolute atomic E-state index is 0.0540. The molecule has 0 atom stereocenters. The zero-order valence-electron chi connectivity index (χ0n) is 11.1. The Kier molecular flexibility index (Phi) is 3.94. The van der Waals surface area contributed by atoms with Crippen molar-refractivity contribution in [1.29, 1.82) is 0 Å². The van der Waals surface area contributed by atoms with Gasteiger partial charge >= 0.3 is 0 Å². The van der Waals surface area contributed by atoms with E-state index in [9.17, 15) is 9.59 Å². The maximum Gasteiger partial charge on any atom is 0.258 e. The first-order valence-corrected chi connectivity index (χ1v) is 6.33. The lowest BCUT2D eigenvalue weighted by atomic mass is 10.2. The second kappa shape index (κ2) is 5.65. The summed E-state index contributed by atoms with van der Waals surface area (Å²) in [6, 6.07) is 7.18. The maximum atomic E-state index is 11.8. The van der Waals surface area contributed by atoms with E-state index in [2.05, 4.69) is 9.97 Å². The number of nitrogens with zero attached hydrogens (tertiary/aromatic N) is 2. The molecule has 0 unspecified atom stereocenters. The fraction of sp³-hybridized carbons (Fsp3) is 0.357. The van der Waals surface area contributed by atoms with E-state index in [1.54, 1.807) is 30.1 Å². The normalized spacial score (nSPS) is 10.6. The van der Waals surface area contributed by atoms with Crippen LogP contribution >= 0.6 is 0 Å². The Balaban J connectivity index is 2.18. The van der Waals surface area contributed by atoms with Gasteiger partial charge in [-0.2, -0.15) is 0 Å². The summed E-state index contributed by atoms with van der Waals surface area (Å²) in [5.74, 6) is 0.611. The van der Waals surface area contributed by atoms with Gasteiger partial charge in [0.2, 0.25) is 5.91 Å². The van der Waals surface area contributed by atoms with Crippen molar-refractivity contribution in [2.75, 3.05) is 13.6 Å². The van der Waals surface area contributed by atoms with Gasteiger partial charge < -0.3 is 9.88 Å². The van der Waals surface area contributed by atoms with Crippen LogP contribution < -0.4 is 5.56 Å². The molecule has 19 heavy (non-hydrogen) atoms. The van der Waals surface area contributed by atoms with E-state index in [0.29, 0.717) is 36.1 Å². The van der Waals surface area contributed by atoms with Crippen molar-refractivity contribution < 1.29 is 4.79 Å². The minimum Gasteiger partial charge on any atom is -0.346 e. The molecule has 1 heterocycles. The number of hydrogen-bond acceptors (Lipinski definition) is 3. The van der Waals surface area contributed by atoms with Crippen molar-refractivity contribution in [1.82, 2.24) is 14.9 Å². The summed E-state index contributed by atoms with van der Waals surface area (Å²) in [7, 11) is 1.76. The first-order valence-electron chi connectivity index (χ1n) is 6.33. The number of carbonyl (C=O) groups excluding carboxylic acids is 1. The largest absolute Gasteiger partial charge is 0.346 e. The average Bonchev–Trinajstić information content (AvgIpc) is 2.44. The van der Waals surface area contributed by atoms with Crippen LogP contribution in [0.2, 0.25) is 0 Å². The molecule has 2 aromatic rings. The highest BCUT2D eigenvalue weighted by molar-refractivity contribution is 5.77. The second-order valence-corrected chi connectivity index (χ2v) is 4.44. The van der Waals surface area contributed by atoms with Gasteiger partial charge in [-0.25, -0.2) is 4.98 Å². The van der Waals surface area contributed by atoms with Crippen molar-refractivity contribution in [3.8, 4) is 0 Å². The Morgan fingerprint density at radius 3 is 2.84 bits per heavy atom. The average molecular weight is 259 g/mol. The molecule has 0 radical (unpaired) electrons. The monoisotopic (exact) mass is 259 g/mol. The smallest absolute Gasteiger partial charge is 0.258 e. The summed E-state index contributed by atoms with van der Waals surface area (Å²) in [5.41, 5.74) is 0.509. The predicted octanol–water partition coefficient (Wildman–Crippen LogP) is 1.33. The third-order valence-electron chi connectivity index (χ3n) is 3.14. The summed E-state index contributed by atoms with van der Waals surface area (Å²) in [6.07, 6.45) is 0.800. The van der Waals surface area contributed by atoms with Crippen LogP contribution in [0.25, 0.3) is 10.9 Å². The fourth-order valence-electron chi connectivity index (χ4n) is 1.85. The van der Waals surface area contributed by atoms with E-state index in [1.165, 1.54) is 0 Å². The molecule has 100 valence electrons. The molecule has 0 aliphatic rings. The summed E-state index contributed by atoms with van der Waals surface area (Å²) in [4.78, 5) is 32.3. The van der Waals surface area contributed by atoms with Gasteiger partial charge in [0, 0.05) is 26.4 Å². The quantitative estimate of drug-likeness (QED) is 0.901. The van der Waals surface area contributed by atoms with Crippen LogP contribution in [0.5, 0.6) is 0 Å². The van der Waals surface area contributed by atoms with Gasteiger partial charge in [-0.05, 0) is 19.1 Å². The summed E-state index contributed by atoms with van der Waals surface area (Å²) in [6.45, 7) is 2.61. The molecule has 5 heteroatoms. The number of rotatable bonds is 4. The summed E-state index contributed by atoms with van der Waals surface area (Å²) in [5, 5.41) is 0.572. The van der Waals surface area contributed by atoms with Crippen LogP contribution in [0, 0.1) is 0 Å². The zero-order chi connectivity index (χ0) is 13.8. The van der Waals surface area contributed by atoms with Crippen LogP contribution in [0.3, 0.4) is 0 Å². The molecule has 0 aliphatic heterocycles. The van der Waals surface area contributed by atoms with Crippen molar-refractivity contribution in [2.45, 2.75) is 19.8 Å². The number of aromatic amines is 1. The van der Waals surface area contributed by atoms with Gasteiger partial charge in [-0.3, -0.25) is 9.59 Å². The topological polar surface area (TPSA) is 66.1 Å². The lowest BCUT2D eigenvalue weighted by molar-refractivity contribution is -0.129. The van der Waals surface area contributed by atoms with E-state index in [-0.39, 0.29) is 11.5 Å². The second-order valence-electron chi connectivity index (χ2n) is 4.44.